The third kappa shape index (κ3) is 1.33. The average molecular weight is 191 g/mol. The van der Waals surface area contributed by atoms with Crippen LogP contribution in [0.2, 0.25) is 0 Å². The molecule has 0 radical (unpaired) electrons. The van der Waals surface area contributed by atoms with Crippen LogP contribution in [0.1, 0.15) is 18.4 Å². The van der Waals surface area contributed by atoms with E-state index in [1.54, 1.807) is 0 Å². The van der Waals surface area contributed by atoms with E-state index in [1.165, 1.54) is 30.5 Å². The molecule has 1 aromatic rings. The van der Waals surface area contributed by atoms with Crippen molar-refractivity contribution >= 4 is 18.3 Å². The van der Waals surface area contributed by atoms with Crippen molar-refractivity contribution < 1.29 is 0 Å². The number of anilines is 1. The van der Waals surface area contributed by atoms with Crippen LogP contribution in [-0.2, 0) is 6.42 Å². The minimum atomic E-state index is 0.713. The molecule has 1 fully saturated rings. The zero-order valence-electron chi connectivity index (χ0n) is 7.46. The van der Waals surface area contributed by atoms with Gasteiger partial charge in [0, 0.05) is 16.6 Å². The Morgan fingerprint density at radius 1 is 1.31 bits per heavy atom. The summed E-state index contributed by atoms with van der Waals surface area (Å²) < 4.78 is 0. The first-order valence-electron chi connectivity index (χ1n) is 4.91. The molecule has 1 aromatic carbocycles. The highest BCUT2D eigenvalue weighted by molar-refractivity contribution is 7.80. The lowest BCUT2D eigenvalue weighted by atomic mass is 10.1. The average Bonchev–Trinajstić information content (AvgIpc) is 2.87. The van der Waals surface area contributed by atoms with Crippen molar-refractivity contribution in [1.29, 1.82) is 0 Å². The van der Waals surface area contributed by atoms with Gasteiger partial charge in [0.15, 0.2) is 0 Å². The van der Waals surface area contributed by atoms with Crippen LogP contribution in [0.4, 0.5) is 5.69 Å². The van der Waals surface area contributed by atoms with Gasteiger partial charge in [0.1, 0.15) is 0 Å². The number of thiol groups is 1. The van der Waals surface area contributed by atoms with Crippen LogP contribution in [0.3, 0.4) is 0 Å². The number of benzene rings is 1. The third-order valence-corrected chi connectivity index (χ3v) is 3.34. The highest BCUT2D eigenvalue weighted by Crippen LogP contribution is 2.40. The van der Waals surface area contributed by atoms with Gasteiger partial charge in [-0.25, -0.2) is 0 Å². The fraction of sp³-hybridized carbons (Fsp3) is 0.455. The van der Waals surface area contributed by atoms with Crippen molar-refractivity contribution in [2.24, 2.45) is 5.92 Å². The first kappa shape index (κ1) is 7.74. The van der Waals surface area contributed by atoms with E-state index in [0.29, 0.717) is 6.04 Å². The molecule has 1 atom stereocenters. The van der Waals surface area contributed by atoms with E-state index in [1.807, 2.05) is 0 Å². The Labute approximate surface area is 83.9 Å². The van der Waals surface area contributed by atoms with E-state index in [0.717, 1.165) is 10.8 Å². The van der Waals surface area contributed by atoms with Crippen molar-refractivity contribution in [2.75, 3.05) is 5.32 Å². The SMILES string of the molecule is Sc1ccc2c(c1)CC(C1CC1)N2. The molecule has 2 aliphatic rings. The van der Waals surface area contributed by atoms with Crippen LogP contribution in [0.15, 0.2) is 23.1 Å². The van der Waals surface area contributed by atoms with E-state index in [-0.39, 0.29) is 0 Å². The summed E-state index contributed by atoms with van der Waals surface area (Å²) in [7, 11) is 0. The highest BCUT2D eigenvalue weighted by atomic mass is 32.1. The summed E-state index contributed by atoms with van der Waals surface area (Å²) in [6.45, 7) is 0. The highest BCUT2D eigenvalue weighted by Gasteiger charge is 2.34. The fourth-order valence-corrected chi connectivity index (χ4v) is 2.39. The van der Waals surface area contributed by atoms with E-state index >= 15 is 0 Å². The van der Waals surface area contributed by atoms with Gasteiger partial charge in [0.05, 0.1) is 0 Å². The number of fused-ring (bicyclic) bond motifs is 1. The lowest BCUT2D eigenvalue weighted by molar-refractivity contribution is 0.659. The predicted molar refractivity (Wildman–Crippen MR) is 57.5 cm³/mol. The standard InChI is InChI=1S/C11H13NS/c13-9-3-4-10-8(5-9)6-11(12-10)7-1-2-7/h3-5,7,11-13H,1-2,6H2. The molecular formula is C11H13NS. The molecule has 1 heterocycles. The number of hydrogen-bond donors (Lipinski definition) is 2. The van der Waals surface area contributed by atoms with Crippen molar-refractivity contribution in [2.45, 2.75) is 30.2 Å². The first-order chi connectivity index (χ1) is 6.33. The zero-order valence-corrected chi connectivity index (χ0v) is 8.35. The van der Waals surface area contributed by atoms with Gasteiger partial charge < -0.3 is 5.32 Å². The van der Waals surface area contributed by atoms with E-state index < -0.39 is 0 Å². The summed E-state index contributed by atoms with van der Waals surface area (Å²) >= 11 is 4.35. The summed E-state index contributed by atoms with van der Waals surface area (Å²) in [5.74, 6) is 0.941. The Hall–Kier alpha value is -0.630. The smallest absolute Gasteiger partial charge is 0.0376 e. The van der Waals surface area contributed by atoms with Crippen molar-refractivity contribution in [1.82, 2.24) is 0 Å². The van der Waals surface area contributed by atoms with Crippen LogP contribution in [0.25, 0.3) is 0 Å². The largest absolute Gasteiger partial charge is 0.381 e. The summed E-state index contributed by atoms with van der Waals surface area (Å²) in [4.78, 5) is 1.08. The molecule has 13 heavy (non-hydrogen) atoms. The quantitative estimate of drug-likeness (QED) is 0.650. The van der Waals surface area contributed by atoms with Crippen molar-refractivity contribution in [3.63, 3.8) is 0 Å². The molecule has 1 aliphatic carbocycles. The second-order valence-electron chi connectivity index (χ2n) is 4.13. The maximum absolute atomic E-state index is 4.35. The normalized spacial score (nSPS) is 25.5. The summed E-state index contributed by atoms with van der Waals surface area (Å²) in [6, 6.07) is 7.11. The Kier molecular flexibility index (Phi) is 1.59. The Bertz CT molecular complexity index is 344. The minimum absolute atomic E-state index is 0.713. The molecular weight excluding hydrogens is 178 g/mol. The zero-order chi connectivity index (χ0) is 8.84. The van der Waals surface area contributed by atoms with E-state index in [4.69, 9.17) is 0 Å². The number of nitrogens with one attached hydrogen (secondary N) is 1. The summed E-state index contributed by atoms with van der Waals surface area (Å²) in [6.07, 6.45) is 4.03. The van der Waals surface area contributed by atoms with Gasteiger partial charge >= 0.3 is 0 Å². The van der Waals surface area contributed by atoms with Gasteiger partial charge in [0.25, 0.3) is 0 Å². The number of rotatable bonds is 1. The van der Waals surface area contributed by atoms with E-state index in [9.17, 15) is 0 Å². The number of hydrogen-bond acceptors (Lipinski definition) is 2. The molecule has 1 saturated carbocycles. The van der Waals surface area contributed by atoms with Gasteiger partial charge in [-0.1, -0.05) is 0 Å². The maximum Gasteiger partial charge on any atom is 0.0376 e. The van der Waals surface area contributed by atoms with Crippen LogP contribution in [0, 0.1) is 5.92 Å². The molecule has 1 aliphatic heterocycles. The van der Waals surface area contributed by atoms with Crippen molar-refractivity contribution in [3.8, 4) is 0 Å². The molecule has 2 heteroatoms. The van der Waals surface area contributed by atoms with Gasteiger partial charge in [-0.2, -0.15) is 0 Å². The van der Waals surface area contributed by atoms with E-state index in [2.05, 4.69) is 36.1 Å². The van der Waals surface area contributed by atoms with Gasteiger partial charge in [0.2, 0.25) is 0 Å². The predicted octanol–water partition coefficient (Wildman–Crippen LogP) is 2.72. The maximum atomic E-state index is 4.35. The fourth-order valence-electron chi connectivity index (χ4n) is 2.16. The Morgan fingerprint density at radius 2 is 2.15 bits per heavy atom. The van der Waals surface area contributed by atoms with Crippen LogP contribution in [-0.4, -0.2) is 6.04 Å². The van der Waals surface area contributed by atoms with Gasteiger partial charge in [-0.15, -0.1) is 12.6 Å². The molecule has 0 aromatic heterocycles. The van der Waals surface area contributed by atoms with Crippen molar-refractivity contribution in [3.05, 3.63) is 23.8 Å². The lowest BCUT2D eigenvalue weighted by Gasteiger charge is -2.07. The monoisotopic (exact) mass is 191 g/mol. The molecule has 0 saturated heterocycles. The van der Waals surface area contributed by atoms with Crippen LogP contribution in [0.5, 0.6) is 0 Å². The molecule has 1 nitrogen and oxygen atoms in total. The molecule has 68 valence electrons. The molecule has 1 unspecified atom stereocenters. The molecule has 0 bridgehead atoms. The Morgan fingerprint density at radius 3 is 2.92 bits per heavy atom. The first-order valence-corrected chi connectivity index (χ1v) is 5.36. The molecule has 0 amide bonds. The van der Waals surface area contributed by atoms with Gasteiger partial charge in [-0.3, -0.25) is 0 Å². The lowest BCUT2D eigenvalue weighted by Crippen LogP contribution is -2.17. The molecule has 1 N–H and O–H groups in total. The molecule has 0 spiro atoms. The topological polar surface area (TPSA) is 12.0 Å². The summed E-state index contributed by atoms with van der Waals surface area (Å²) in [5.41, 5.74) is 2.78. The Balaban J connectivity index is 1.90. The molecule has 3 rings (SSSR count). The van der Waals surface area contributed by atoms with Gasteiger partial charge in [-0.05, 0) is 48.9 Å². The second kappa shape index (κ2) is 2.68. The van der Waals surface area contributed by atoms with Crippen LogP contribution >= 0.6 is 12.6 Å². The van der Waals surface area contributed by atoms with Crippen LogP contribution < -0.4 is 5.32 Å². The minimum Gasteiger partial charge on any atom is -0.381 e. The summed E-state index contributed by atoms with van der Waals surface area (Å²) in [5, 5.41) is 3.59. The third-order valence-electron chi connectivity index (χ3n) is 3.06. The second-order valence-corrected chi connectivity index (χ2v) is 4.65.